The van der Waals surface area contributed by atoms with Crippen molar-refractivity contribution in [3.63, 3.8) is 0 Å². The van der Waals surface area contributed by atoms with E-state index >= 15 is 0 Å². The normalized spacial score (nSPS) is 20.0. The molecule has 0 amide bonds. The Morgan fingerprint density at radius 2 is 1.85 bits per heavy atom. The highest BCUT2D eigenvalue weighted by Gasteiger charge is 2.30. The number of hydrogen-bond acceptors (Lipinski definition) is 3. The van der Waals surface area contributed by atoms with Crippen molar-refractivity contribution < 1.29 is 17.2 Å². The first kappa shape index (κ1) is 15.3. The summed E-state index contributed by atoms with van der Waals surface area (Å²) < 4.78 is 52.0. The number of benzene rings is 1. The van der Waals surface area contributed by atoms with Gasteiger partial charge in [0.15, 0.2) is 11.6 Å². The Balaban J connectivity index is 2.17. The van der Waals surface area contributed by atoms with Crippen molar-refractivity contribution in [3.8, 4) is 0 Å². The lowest BCUT2D eigenvalue weighted by Crippen LogP contribution is -2.42. The molecule has 1 aliphatic rings. The molecule has 0 saturated carbocycles. The molecule has 7 heteroatoms. The lowest BCUT2D eigenvalue weighted by atomic mass is 9.92. The molecule has 0 aliphatic carbocycles. The zero-order valence-electron chi connectivity index (χ0n) is 11.2. The quantitative estimate of drug-likeness (QED) is 0.924. The molecule has 1 fully saturated rings. The van der Waals surface area contributed by atoms with Crippen LogP contribution in [0.1, 0.15) is 19.8 Å². The summed E-state index contributed by atoms with van der Waals surface area (Å²) in [6, 6.07) is 2.67. The maximum Gasteiger partial charge on any atom is 0.243 e. The monoisotopic (exact) mass is 304 g/mol. The van der Waals surface area contributed by atoms with Gasteiger partial charge in [0.25, 0.3) is 0 Å². The molecule has 1 heterocycles. The average Bonchev–Trinajstić information content (AvgIpc) is 2.41. The molecule has 1 unspecified atom stereocenters. The van der Waals surface area contributed by atoms with Gasteiger partial charge < -0.3 is 5.73 Å². The molecule has 20 heavy (non-hydrogen) atoms. The second-order valence-electron chi connectivity index (χ2n) is 5.18. The van der Waals surface area contributed by atoms with Crippen LogP contribution in [0.15, 0.2) is 23.1 Å². The van der Waals surface area contributed by atoms with E-state index in [1.165, 1.54) is 4.31 Å². The fourth-order valence-corrected chi connectivity index (χ4v) is 3.91. The number of nitrogens with two attached hydrogens (primary N) is 1. The van der Waals surface area contributed by atoms with E-state index in [9.17, 15) is 17.2 Å². The van der Waals surface area contributed by atoms with Crippen LogP contribution in [0.3, 0.4) is 0 Å². The average molecular weight is 304 g/mol. The second-order valence-corrected chi connectivity index (χ2v) is 7.11. The zero-order valence-corrected chi connectivity index (χ0v) is 12.0. The lowest BCUT2D eigenvalue weighted by molar-refractivity contribution is 0.250. The van der Waals surface area contributed by atoms with Crippen LogP contribution in [0.4, 0.5) is 8.78 Å². The molecule has 1 aromatic carbocycles. The molecule has 0 radical (unpaired) electrons. The Morgan fingerprint density at radius 1 is 1.25 bits per heavy atom. The van der Waals surface area contributed by atoms with E-state index in [2.05, 4.69) is 0 Å². The Morgan fingerprint density at radius 3 is 2.35 bits per heavy atom. The highest BCUT2D eigenvalue weighted by atomic mass is 32.2. The molecular formula is C13H18F2N2O2S. The number of halogens is 2. The fraction of sp³-hybridized carbons (Fsp3) is 0.538. The highest BCUT2D eigenvalue weighted by Crippen LogP contribution is 2.25. The summed E-state index contributed by atoms with van der Waals surface area (Å²) in [7, 11) is -3.76. The highest BCUT2D eigenvalue weighted by molar-refractivity contribution is 7.89. The van der Waals surface area contributed by atoms with Gasteiger partial charge in [-0.1, -0.05) is 0 Å². The van der Waals surface area contributed by atoms with Crippen molar-refractivity contribution in [1.82, 2.24) is 4.31 Å². The first-order valence-corrected chi connectivity index (χ1v) is 7.97. The van der Waals surface area contributed by atoms with Gasteiger partial charge in [0.1, 0.15) is 0 Å². The van der Waals surface area contributed by atoms with E-state index in [1.54, 1.807) is 0 Å². The van der Waals surface area contributed by atoms with Crippen LogP contribution in [0, 0.1) is 17.6 Å². The first-order chi connectivity index (χ1) is 9.32. The van der Waals surface area contributed by atoms with Gasteiger partial charge in [-0.15, -0.1) is 0 Å². The number of sulfonamides is 1. The third kappa shape index (κ3) is 2.99. The molecule has 2 rings (SSSR count). The summed E-state index contributed by atoms with van der Waals surface area (Å²) in [5.74, 6) is -1.91. The van der Waals surface area contributed by atoms with Crippen molar-refractivity contribution in [2.75, 3.05) is 13.1 Å². The van der Waals surface area contributed by atoms with Crippen LogP contribution in [-0.4, -0.2) is 31.9 Å². The molecule has 1 atom stereocenters. The molecule has 1 aromatic rings. The minimum absolute atomic E-state index is 0.0307. The summed E-state index contributed by atoms with van der Waals surface area (Å²) >= 11 is 0. The molecule has 1 aliphatic heterocycles. The topological polar surface area (TPSA) is 63.4 Å². The Labute approximate surface area is 117 Å². The molecule has 1 saturated heterocycles. The molecule has 0 bridgehead atoms. The fourth-order valence-electron chi connectivity index (χ4n) is 2.43. The van der Waals surface area contributed by atoms with Crippen LogP contribution >= 0.6 is 0 Å². The second kappa shape index (κ2) is 5.75. The lowest BCUT2D eigenvalue weighted by Gasteiger charge is -2.32. The van der Waals surface area contributed by atoms with Crippen molar-refractivity contribution in [1.29, 1.82) is 0 Å². The smallest absolute Gasteiger partial charge is 0.243 e. The van der Waals surface area contributed by atoms with Crippen LogP contribution in [0.5, 0.6) is 0 Å². The van der Waals surface area contributed by atoms with Gasteiger partial charge in [-0.2, -0.15) is 4.31 Å². The molecule has 0 aromatic heterocycles. The van der Waals surface area contributed by atoms with Gasteiger partial charge in [0.05, 0.1) is 4.90 Å². The zero-order chi connectivity index (χ0) is 14.9. The van der Waals surface area contributed by atoms with Crippen LogP contribution in [0.2, 0.25) is 0 Å². The minimum atomic E-state index is -3.76. The summed E-state index contributed by atoms with van der Waals surface area (Å²) in [6.45, 7) is 2.62. The third-order valence-electron chi connectivity index (χ3n) is 3.77. The van der Waals surface area contributed by atoms with Crippen molar-refractivity contribution in [3.05, 3.63) is 29.8 Å². The Kier molecular flexibility index (Phi) is 4.41. The van der Waals surface area contributed by atoms with E-state index in [-0.39, 0.29) is 10.9 Å². The largest absolute Gasteiger partial charge is 0.328 e. The molecule has 4 nitrogen and oxygen atoms in total. The van der Waals surface area contributed by atoms with Crippen LogP contribution in [-0.2, 0) is 10.0 Å². The van der Waals surface area contributed by atoms with E-state index in [0.29, 0.717) is 31.8 Å². The summed E-state index contributed by atoms with van der Waals surface area (Å²) in [5.41, 5.74) is 5.81. The maximum absolute atomic E-state index is 13.2. The van der Waals surface area contributed by atoms with Crippen LogP contribution < -0.4 is 5.73 Å². The van der Waals surface area contributed by atoms with Gasteiger partial charge >= 0.3 is 0 Å². The van der Waals surface area contributed by atoms with Gasteiger partial charge in [0.2, 0.25) is 10.0 Å². The van der Waals surface area contributed by atoms with E-state index < -0.39 is 21.7 Å². The Hall–Kier alpha value is -1.05. The minimum Gasteiger partial charge on any atom is -0.328 e. The number of nitrogens with zero attached hydrogens (tertiary/aromatic N) is 1. The third-order valence-corrected chi connectivity index (χ3v) is 5.67. The van der Waals surface area contributed by atoms with Gasteiger partial charge in [0, 0.05) is 19.1 Å². The summed E-state index contributed by atoms with van der Waals surface area (Å²) in [6.07, 6.45) is 1.36. The van der Waals surface area contributed by atoms with E-state index in [1.807, 2.05) is 6.92 Å². The number of hydrogen-bond donors (Lipinski definition) is 1. The number of rotatable bonds is 3. The molecular weight excluding hydrogens is 286 g/mol. The van der Waals surface area contributed by atoms with Gasteiger partial charge in [-0.25, -0.2) is 17.2 Å². The molecule has 112 valence electrons. The molecule has 2 N–H and O–H groups in total. The number of piperidine rings is 1. The van der Waals surface area contributed by atoms with E-state index in [0.717, 1.165) is 18.2 Å². The summed E-state index contributed by atoms with van der Waals surface area (Å²) in [5, 5.41) is 0. The summed E-state index contributed by atoms with van der Waals surface area (Å²) in [4.78, 5) is -0.212. The SMILES string of the molecule is CC(N)C1CCN(S(=O)(=O)c2ccc(F)c(F)c2)CC1. The van der Waals surface area contributed by atoms with Crippen LogP contribution in [0.25, 0.3) is 0 Å². The standard InChI is InChI=1S/C13H18F2N2O2S/c1-9(16)10-4-6-17(7-5-10)20(18,19)11-2-3-12(14)13(15)8-11/h2-3,8-10H,4-7,16H2,1H3. The van der Waals surface area contributed by atoms with Crippen molar-refractivity contribution >= 4 is 10.0 Å². The van der Waals surface area contributed by atoms with Gasteiger partial charge in [-0.3, -0.25) is 0 Å². The first-order valence-electron chi connectivity index (χ1n) is 6.53. The molecule has 0 spiro atoms. The predicted molar refractivity (Wildman–Crippen MR) is 71.5 cm³/mol. The predicted octanol–water partition coefficient (Wildman–Crippen LogP) is 1.71. The Bertz CT molecular complexity index is 582. The maximum atomic E-state index is 13.2. The van der Waals surface area contributed by atoms with Crippen molar-refractivity contribution in [2.45, 2.75) is 30.7 Å². The van der Waals surface area contributed by atoms with Crippen molar-refractivity contribution in [2.24, 2.45) is 11.7 Å². The van der Waals surface area contributed by atoms with E-state index in [4.69, 9.17) is 5.73 Å². The van der Waals surface area contributed by atoms with Gasteiger partial charge in [-0.05, 0) is 43.9 Å².